The van der Waals surface area contributed by atoms with Gasteiger partial charge >= 0.3 is 0 Å². The zero-order chi connectivity index (χ0) is 20.8. The Bertz CT molecular complexity index is 823. The van der Waals surface area contributed by atoms with E-state index in [2.05, 4.69) is 70.6 Å². The molecule has 2 aromatic rings. The molecule has 2 aliphatic rings. The molecule has 0 spiro atoms. The molecule has 5 heteroatoms. The van der Waals surface area contributed by atoms with Crippen molar-refractivity contribution in [1.29, 1.82) is 0 Å². The van der Waals surface area contributed by atoms with Crippen molar-refractivity contribution in [3.8, 4) is 0 Å². The molecule has 0 aliphatic carbocycles. The number of nitrogens with one attached hydrogen (secondary N) is 1. The minimum absolute atomic E-state index is 0.130. The smallest absolute Gasteiger partial charge is 0.223 e. The second-order valence-corrected chi connectivity index (χ2v) is 8.46. The molecule has 2 saturated heterocycles. The molecular formula is C25H33N3O2. The average molecular weight is 408 g/mol. The van der Waals surface area contributed by atoms with Crippen molar-refractivity contribution < 1.29 is 9.53 Å². The molecule has 2 aromatic carbocycles. The van der Waals surface area contributed by atoms with Crippen molar-refractivity contribution in [2.75, 3.05) is 44.3 Å². The summed E-state index contributed by atoms with van der Waals surface area (Å²) in [7, 11) is 0. The summed E-state index contributed by atoms with van der Waals surface area (Å²) in [6.45, 7) is 9.20. The van der Waals surface area contributed by atoms with Crippen LogP contribution in [0.5, 0.6) is 0 Å². The number of hydrogen-bond donors (Lipinski definition) is 1. The Morgan fingerprint density at radius 2 is 1.70 bits per heavy atom. The number of amides is 1. The van der Waals surface area contributed by atoms with Crippen LogP contribution in [-0.4, -0.2) is 50.2 Å². The van der Waals surface area contributed by atoms with Gasteiger partial charge in [0.15, 0.2) is 0 Å². The molecule has 0 atom stereocenters. The minimum atomic E-state index is 0.130. The van der Waals surface area contributed by atoms with Gasteiger partial charge in [-0.1, -0.05) is 36.4 Å². The Balaban J connectivity index is 1.21. The van der Waals surface area contributed by atoms with Crippen molar-refractivity contribution in [3.63, 3.8) is 0 Å². The Morgan fingerprint density at radius 3 is 2.40 bits per heavy atom. The maximum atomic E-state index is 12.7. The zero-order valence-corrected chi connectivity index (χ0v) is 18.0. The number of carbonyl (C=O) groups excluding carboxylic acids is 1. The van der Waals surface area contributed by atoms with Gasteiger partial charge in [0.25, 0.3) is 0 Å². The first kappa shape index (κ1) is 20.9. The van der Waals surface area contributed by atoms with Crippen LogP contribution in [0.1, 0.15) is 29.5 Å². The van der Waals surface area contributed by atoms with Gasteiger partial charge in [0, 0.05) is 37.8 Å². The molecule has 5 nitrogen and oxygen atoms in total. The predicted octanol–water partition coefficient (Wildman–Crippen LogP) is 3.36. The third kappa shape index (κ3) is 5.41. The third-order valence-electron chi connectivity index (χ3n) is 6.39. The molecule has 2 fully saturated rings. The summed E-state index contributed by atoms with van der Waals surface area (Å²) in [6.07, 6.45) is 1.88. The van der Waals surface area contributed by atoms with E-state index in [1.165, 1.54) is 16.8 Å². The van der Waals surface area contributed by atoms with E-state index in [0.717, 1.165) is 64.3 Å². The van der Waals surface area contributed by atoms with Crippen molar-refractivity contribution in [3.05, 3.63) is 65.2 Å². The predicted molar refractivity (Wildman–Crippen MR) is 121 cm³/mol. The average Bonchev–Trinajstić information content (AvgIpc) is 2.80. The second kappa shape index (κ2) is 10.1. The van der Waals surface area contributed by atoms with Crippen LogP contribution in [0.15, 0.2) is 48.5 Å². The van der Waals surface area contributed by atoms with Gasteiger partial charge in [-0.25, -0.2) is 0 Å². The number of carbonyl (C=O) groups is 1. The van der Waals surface area contributed by atoms with Crippen LogP contribution in [0, 0.1) is 12.8 Å². The van der Waals surface area contributed by atoms with E-state index in [1.807, 2.05) is 0 Å². The third-order valence-corrected chi connectivity index (χ3v) is 6.39. The van der Waals surface area contributed by atoms with Gasteiger partial charge < -0.3 is 15.0 Å². The van der Waals surface area contributed by atoms with Gasteiger partial charge in [-0.3, -0.25) is 9.69 Å². The zero-order valence-electron chi connectivity index (χ0n) is 18.0. The lowest BCUT2D eigenvalue weighted by molar-refractivity contribution is -0.126. The number of rotatable bonds is 6. The summed E-state index contributed by atoms with van der Waals surface area (Å²) < 4.78 is 5.42. The highest BCUT2D eigenvalue weighted by molar-refractivity contribution is 5.78. The summed E-state index contributed by atoms with van der Waals surface area (Å²) >= 11 is 0. The van der Waals surface area contributed by atoms with Crippen molar-refractivity contribution in [2.45, 2.75) is 32.9 Å². The number of ether oxygens (including phenoxy) is 1. The van der Waals surface area contributed by atoms with Crippen molar-refractivity contribution in [2.24, 2.45) is 5.92 Å². The lowest BCUT2D eigenvalue weighted by Crippen LogP contribution is -2.40. The molecular weight excluding hydrogens is 374 g/mol. The number of likely N-dealkylation sites (tertiary alicyclic amines) is 1. The SMILES string of the molecule is Cc1ccccc1CN1CCC(C(=O)NCc2ccc(N3CCOCC3)cc2)CC1. The number of hydrogen-bond acceptors (Lipinski definition) is 4. The number of morpholine rings is 1. The first-order chi connectivity index (χ1) is 14.7. The molecule has 2 aliphatic heterocycles. The second-order valence-electron chi connectivity index (χ2n) is 8.46. The van der Waals surface area contributed by atoms with Crippen LogP contribution in [0.3, 0.4) is 0 Å². The van der Waals surface area contributed by atoms with Crippen molar-refractivity contribution in [1.82, 2.24) is 10.2 Å². The minimum Gasteiger partial charge on any atom is -0.378 e. The van der Waals surface area contributed by atoms with E-state index >= 15 is 0 Å². The fraction of sp³-hybridized carbons (Fsp3) is 0.480. The summed E-state index contributed by atoms with van der Waals surface area (Å²) in [6, 6.07) is 17.1. The lowest BCUT2D eigenvalue weighted by atomic mass is 9.95. The van der Waals surface area contributed by atoms with E-state index in [1.54, 1.807) is 0 Å². The van der Waals surface area contributed by atoms with Gasteiger partial charge in [-0.2, -0.15) is 0 Å². The lowest BCUT2D eigenvalue weighted by Gasteiger charge is -2.31. The molecule has 2 heterocycles. The quantitative estimate of drug-likeness (QED) is 0.798. The van der Waals surface area contributed by atoms with Gasteiger partial charge in [-0.05, 0) is 61.7 Å². The van der Waals surface area contributed by atoms with Gasteiger partial charge in [0.1, 0.15) is 0 Å². The van der Waals surface area contributed by atoms with Crippen molar-refractivity contribution >= 4 is 11.6 Å². The van der Waals surface area contributed by atoms with Crippen LogP contribution in [0.25, 0.3) is 0 Å². The first-order valence-corrected chi connectivity index (χ1v) is 11.2. The molecule has 0 aromatic heterocycles. The topological polar surface area (TPSA) is 44.8 Å². The van der Waals surface area contributed by atoms with Crippen LogP contribution in [-0.2, 0) is 22.6 Å². The first-order valence-electron chi connectivity index (χ1n) is 11.2. The standard InChI is InChI=1S/C25H33N3O2/c1-20-4-2-3-5-23(20)19-27-12-10-22(11-13-27)25(29)26-18-21-6-8-24(9-7-21)28-14-16-30-17-15-28/h2-9,22H,10-19H2,1H3,(H,26,29). The summed E-state index contributed by atoms with van der Waals surface area (Å²) in [4.78, 5) is 17.5. The van der Waals surface area contributed by atoms with Gasteiger partial charge in [-0.15, -0.1) is 0 Å². The highest BCUT2D eigenvalue weighted by Gasteiger charge is 2.25. The number of anilines is 1. The van der Waals surface area contributed by atoms with Crippen LogP contribution in [0.2, 0.25) is 0 Å². The van der Waals surface area contributed by atoms with Crippen LogP contribution >= 0.6 is 0 Å². The number of nitrogens with zero attached hydrogens (tertiary/aromatic N) is 2. The highest BCUT2D eigenvalue weighted by atomic mass is 16.5. The Kier molecular flexibility index (Phi) is 7.03. The summed E-state index contributed by atoms with van der Waals surface area (Å²) in [5.74, 6) is 0.327. The molecule has 0 unspecified atom stereocenters. The van der Waals surface area contributed by atoms with E-state index < -0.39 is 0 Å². The normalized spacial score (nSPS) is 18.4. The Morgan fingerprint density at radius 1 is 1.00 bits per heavy atom. The summed E-state index contributed by atoms with van der Waals surface area (Å²) in [5, 5.41) is 3.15. The summed E-state index contributed by atoms with van der Waals surface area (Å²) in [5.41, 5.74) is 5.12. The van der Waals surface area contributed by atoms with E-state index in [0.29, 0.717) is 6.54 Å². The van der Waals surface area contributed by atoms with E-state index in [-0.39, 0.29) is 11.8 Å². The van der Waals surface area contributed by atoms with Gasteiger partial charge in [0.2, 0.25) is 5.91 Å². The highest BCUT2D eigenvalue weighted by Crippen LogP contribution is 2.21. The Labute approximate surface area is 180 Å². The van der Waals surface area contributed by atoms with Crippen LogP contribution in [0.4, 0.5) is 5.69 Å². The van der Waals surface area contributed by atoms with E-state index in [4.69, 9.17) is 4.74 Å². The Hall–Kier alpha value is -2.37. The molecule has 0 radical (unpaired) electrons. The molecule has 1 amide bonds. The number of benzene rings is 2. The maximum Gasteiger partial charge on any atom is 0.223 e. The number of piperidine rings is 1. The molecule has 160 valence electrons. The molecule has 1 N–H and O–H groups in total. The molecule has 0 saturated carbocycles. The van der Waals surface area contributed by atoms with Gasteiger partial charge in [0.05, 0.1) is 13.2 Å². The molecule has 4 rings (SSSR count). The molecule has 30 heavy (non-hydrogen) atoms. The molecule has 0 bridgehead atoms. The monoisotopic (exact) mass is 407 g/mol. The fourth-order valence-corrected chi connectivity index (χ4v) is 4.36. The maximum absolute atomic E-state index is 12.7. The number of aryl methyl sites for hydroxylation is 1. The fourth-order valence-electron chi connectivity index (χ4n) is 4.36. The van der Waals surface area contributed by atoms with E-state index in [9.17, 15) is 4.79 Å². The largest absolute Gasteiger partial charge is 0.378 e. The van der Waals surface area contributed by atoms with Crippen LogP contribution < -0.4 is 10.2 Å².